The highest BCUT2D eigenvalue weighted by Crippen LogP contribution is 2.19. The van der Waals surface area contributed by atoms with Gasteiger partial charge in [-0.15, -0.1) is 0 Å². The first-order valence-electron chi connectivity index (χ1n) is 8.62. The van der Waals surface area contributed by atoms with Gasteiger partial charge in [-0.2, -0.15) is 0 Å². The minimum Gasteiger partial charge on any atom is -0.388 e. The Kier molecular flexibility index (Phi) is 5.40. The van der Waals surface area contributed by atoms with E-state index in [9.17, 15) is 9.90 Å². The van der Waals surface area contributed by atoms with Gasteiger partial charge in [0, 0.05) is 30.1 Å². The maximum absolute atomic E-state index is 12.8. The van der Waals surface area contributed by atoms with E-state index in [1.165, 1.54) is 0 Å². The zero-order valence-electron chi connectivity index (χ0n) is 14.6. The van der Waals surface area contributed by atoms with Gasteiger partial charge in [-0.05, 0) is 31.0 Å². The number of aromatic nitrogens is 2. The first-order chi connectivity index (χ1) is 12.1. The second-order valence-corrected chi connectivity index (χ2v) is 6.11. The van der Waals surface area contributed by atoms with Crippen LogP contribution in [0.1, 0.15) is 29.8 Å². The molecule has 2 aromatic rings. The number of ether oxygens (including phenoxy) is 1. The first kappa shape index (κ1) is 17.5. The molecular weight excluding hydrogens is 318 g/mol. The smallest absolute Gasteiger partial charge is 0.254 e. The van der Waals surface area contributed by atoms with Crippen LogP contribution in [-0.2, 0) is 11.2 Å². The lowest BCUT2D eigenvalue weighted by atomic mass is 10.1. The maximum Gasteiger partial charge on any atom is 0.254 e. The molecule has 1 aromatic carbocycles. The van der Waals surface area contributed by atoms with Crippen LogP contribution in [-0.4, -0.2) is 57.8 Å². The number of aryl methyl sites for hydroxylation is 1. The number of aliphatic hydroxyl groups excluding tert-OH is 1. The molecule has 0 aliphatic carbocycles. The van der Waals surface area contributed by atoms with Gasteiger partial charge in [0.15, 0.2) is 5.82 Å². The quantitative estimate of drug-likeness (QED) is 0.899. The van der Waals surface area contributed by atoms with Crippen molar-refractivity contribution in [2.24, 2.45) is 0 Å². The van der Waals surface area contributed by atoms with Crippen molar-refractivity contribution in [2.75, 3.05) is 19.8 Å². The molecule has 0 spiro atoms. The molecule has 2 atom stereocenters. The van der Waals surface area contributed by atoms with Crippen LogP contribution in [0.3, 0.4) is 0 Å². The van der Waals surface area contributed by atoms with Crippen LogP contribution in [0.5, 0.6) is 0 Å². The van der Waals surface area contributed by atoms with Gasteiger partial charge in [0.25, 0.3) is 5.91 Å². The number of benzene rings is 1. The molecule has 0 bridgehead atoms. The third-order valence-electron chi connectivity index (χ3n) is 4.53. The van der Waals surface area contributed by atoms with Crippen molar-refractivity contribution < 1.29 is 14.6 Å². The van der Waals surface area contributed by atoms with Crippen LogP contribution in [0, 0.1) is 0 Å². The number of nitrogens with zero attached hydrogens (tertiary/aromatic N) is 3. The van der Waals surface area contributed by atoms with Crippen LogP contribution >= 0.6 is 0 Å². The molecule has 2 heterocycles. The van der Waals surface area contributed by atoms with Crippen molar-refractivity contribution in [1.29, 1.82) is 0 Å². The lowest BCUT2D eigenvalue weighted by Gasteiger charge is -2.28. The van der Waals surface area contributed by atoms with Gasteiger partial charge in [-0.1, -0.05) is 19.1 Å². The molecule has 1 aromatic heterocycles. The number of carbonyl (C=O) groups excluding carboxylic acids is 1. The topological polar surface area (TPSA) is 75.6 Å². The van der Waals surface area contributed by atoms with Gasteiger partial charge in [0.05, 0.1) is 25.4 Å². The van der Waals surface area contributed by atoms with E-state index in [1.807, 2.05) is 31.5 Å². The molecular formula is C19H23N3O3. The SMILES string of the molecule is CCc1cnc(-c2ccc(C(=O)N(CC)C3COCC3O)cc2)nc1. The summed E-state index contributed by atoms with van der Waals surface area (Å²) >= 11 is 0. The average molecular weight is 341 g/mol. The summed E-state index contributed by atoms with van der Waals surface area (Å²) in [4.78, 5) is 23.2. The summed E-state index contributed by atoms with van der Waals surface area (Å²) in [5, 5.41) is 9.99. The van der Waals surface area contributed by atoms with Crippen LogP contribution in [0.2, 0.25) is 0 Å². The van der Waals surface area contributed by atoms with Gasteiger partial charge in [0.2, 0.25) is 0 Å². The Labute approximate surface area is 147 Å². The standard InChI is InChI=1S/C19H23N3O3/c1-3-13-9-20-18(21-10-13)14-5-7-15(8-6-14)19(24)22(4-2)16-11-25-12-17(16)23/h5-10,16-17,23H,3-4,11-12H2,1-2H3. The van der Waals surface area contributed by atoms with Crippen LogP contribution in [0.15, 0.2) is 36.7 Å². The van der Waals surface area contributed by atoms with Crippen LogP contribution in [0.4, 0.5) is 0 Å². The van der Waals surface area contributed by atoms with Crippen molar-refractivity contribution in [3.05, 3.63) is 47.8 Å². The highest BCUT2D eigenvalue weighted by molar-refractivity contribution is 5.95. The number of rotatable bonds is 5. The Morgan fingerprint density at radius 3 is 2.40 bits per heavy atom. The summed E-state index contributed by atoms with van der Waals surface area (Å²) in [5.41, 5.74) is 2.54. The van der Waals surface area contributed by atoms with Crippen molar-refractivity contribution in [2.45, 2.75) is 32.4 Å². The minimum atomic E-state index is -0.631. The Morgan fingerprint density at radius 2 is 1.88 bits per heavy atom. The molecule has 25 heavy (non-hydrogen) atoms. The van der Waals surface area contributed by atoms with Crippen molar-refractivity contribution in [3.8, 4) is 11.4 Å². The summed E-state index contributed by atoms with van der Waals surface area (Å²) < 4.78 is 5.27. The van der Waals surface area contributed by atoms with Gasteiger partial charge in [-0.25, -0.2) is 9.97 Å². The first-order valence-corrected chi connectivity index (χ1v) is 8.62. The average Bonchev–Trinajstić information content (AvgIpc) is 3.08. The Hall–Kier alpha value is -2.31. The summed E-state index contributed by atoms with van der Waals surface area (Å²) in [6.07, 6.45) is 3.91. The second-order valence-electron chi connectivity index (χ2n) is 6.11. The van der Waals surface area contributed by atoms with Crippen LogP contribution < -0.4 is 0 Å². The molecule has 1 saturated heterocycles. The largest absolute Gasteiger partial charge is 0.388 e. The zero-order chi connectivity index (χ0) is 17.8. The normalized spacial score (nSPS) is 19.8. The fourth-order valence-electron chi connectivity index (χ4n) is 2.97. The maximum atomic E-state index is 12.8. The number of carbonyl (C=O) groups is 1. The fraction of sp³-hybridized carbons (Fsp3) is 0.421. The zero-order valence-corrected chi connectivity index (χ0v) is 14.6. The monoisotopic (exact) mass is 341 g/mol. The highest BCUT2D eigenvalue weighted by atomic mass is 16.5. The van der Waals surface area contributed by atoms with E-state index in [1.54, 1.807) is 17.0 Å². The van der Waals surface area contributed by atoms with E-state index in [0.717, 1.165) is 17.5 Å². The third-order valence-corrected chi connectivity index (χ3v) is 4.53. The predicted molar refractivity (Wildman–Crippen MR) is 94.2 cm³/mol. The van der Waals surface area contributed by atoms with Gasteiger partial charge >= 0.3 is 0 Å². The molecule has 6 heteroatoms. The molecule has 0 saturated carbocycles. The fourth-order valence-corrected chi connectivity index (χ4v) is 2.97. The lowest BCUT2D eigenvalue weighted by molar-refractivity contribution is 0.0520. The Morgan fingerprint density at radius 1 is 1.20 bits per heavy atom. The summed E-state index contributed by atoms with van der Waals surface area (Å²) in [6, 6.07) is 6.97. The number of aliphatic hydroxyl groups is 1. The Bertz CT molecular complexity index is 716. The lowest BCUT2D eigenvalue weighted by Crippen LogP contribution is -2.46. The van der Waals surface area contributed by atoms with E-state index >= 15 is 0 Å². The van der Waals surface area contributed by atoms with E-state index in [4.69, 9.17) is 4.74 Å². The summed E-state index contributed by atoms with van der Waals surface area (Å²) in [5.74, 6) is 0.536. The minimum absolute atomic E-state index is 0.106. The third kappa shape index (κ3) is 3.70. The number of hydrogen-bond donors (Lipinski definition) is 1. The molecule has 2 unspecified atom stereocenters. The van der Waals surface area contributed by atoms with Crippen LogP contribution in [0.25, 0.3) is 11.4 Å². The molecule has 1 aliphatic rings. The van der Waals surface area contributed by atoms with E-state index in [0.29, 0.717) is 24.5 Å². The number of amides is 1. The molecule has 6 nitrogen and oxygen atoms in total. The predicted octanol–water partition coefficient (Wildman–Crippen LogP) is 1.93. The van der Waals surface area contributed by atoms with Crippen molar-refractivity contribution >= 4 is 5.91 Å². The summed E-state index contributed by atoms with van der Waals surface area (Å²) in [7, 11) is 0. The Balaban J connectivity index is 1.77. The van der Waals surface area contributed by atoms with Gasteiger partial charge in [-0.3, -0.25) is 4.79 Å². The molecule has 1 N–H and O–H groups in total. The molecule has 3 rings (SSSR count). The molecule has 0 radical (unpaired) electrons. The van der Waals surface area contributed by atoms with E-state index in [-0.39, 0.29) is 18.6 Å². The molecule has 1 amide bonds. The summed E-state index contributed by atoms with van der Waals surface area (Å²) in [6.45, 7) is 5.13. The molecule has 1 aliphatic heterocycles. The van der Waals surface area contributed by atoms with E-state index in [2.05, 4.69) is 16.9 Å². The molecule has 1 fully saturated rings. The van der Waals surface area contributed by atoms with Crippen molar-refractivity contribution in [1.82, 2.24) is 14.9 Å². The molecule has 132 valence electrons. The van der Waals surface area contributed by atoms with Gasteiger partial charge in [0.1, 0.15) is 0 Å². The number of likely N-dealkylation sites (N-methyl/N-ethyl adjacent to an activating group) is 1. The van der Waals surface area contributed by atoms with Crippen molar-refractivity contribution in [3.63, 3.8) is 0 Å². The van der Waals surface area contributed by atoms with E-state index < -0.39 is 6.10 Å². The number of hydrogen-bond acceptors (Lipinski definition) is 5. The van der Waals surface area contributed by atoms with Gasteiger partial charge < -0.3 is 14.7 Å². The second kappa shape index (κ2) is 7.72. The highest BCUT2D eigenvalue weighted by Gasteiger charge is 2.34.